The van der Waals surface area contributed by atoms with Crippen molar-refractivity contribution in [1.82, 2.24) is 16.0 Å². The SMILES string of the molecule is CC(C)C(NC(=O)C(N)CO)C(=O)NCC(=O)NC(CCCCN)C(=O)O. The van der Waals surface area contributed by atoms with Crippen molar-refractivity contribution in [3.8, 4) is 0 Å². The van der Waals surface area contributed by atoms with E-state index in [1.807, 2.05) is 0 Å². The fourth-order valence-electron chi connectivity index (χ4n) is 2.15. The molecule has 3 atom stereocenters. The molecule has 0 rings (SSSR count). The summed E-state index contributed by atoms with van der Waals surface area (Å²) in [4.78, 5) is 47.0. The van der Waals surface area contributed by atoms with Crippen molar-refractivity contribution in [2.75, 3.05) is 19.7 Å². The number of carboxylic acid groups (broad SMARTS) is 1. The lowest BCUT2D eigenvalue weighted by atomic mass is 10.0. The van der Waals surface area contributed by atoms with Gasteiger partial charge >= 0.3 is 5.97 Å². The number of carboxylic acids is 1. The molecule has 0 aromatic carbocycles. The van der Waals surface area contributed by atoms with Gasteiger partial charge in [-0.25, -0.2) is 4.79 Å². The topological polar surface area (TPSA) is 197 Å². The van der Waals surface area contributed by atoms with E-state index in [4.69, 9.17) is 21.7 Å². The number of amides is 3. The van der Waals surface area contributed by atoms with E-state index in [2.05, 4.69) is 16.0 Å². The van der Waals surface area contributed by atoms with Gasteiger partial charge in [-0.15, -0.1) is 0 Å². The van der Waals surface area contributed by atoms with Crippen molar-refractivity contribution in [3.05, 3.63) is 0 Å². The summed E-state index contributed by atoms with van der Waals surface area (Å²) in [7, 11) is 0. The van der Waals surface area contributed by atoms with Crippen molar-refractivity contribution < 1.29 is 29.4 Å². The van der Waals surface area contributed by atoms with Crippen molar-refractivity contribution in [2.24, 2.45) is 17.4 Å². The van der Waals surface area contributed by atoms with Crippen molar-refractivity contribution in [3.63, 3.8) is 0 Å². The molecule has 0 bridgehead atoms. The number of hydrogen-bond acceptors (Lipinski definition) is 7. The Morgan fingerprint density at radius 1 is 1.04 bits per heavy atom. The van der Waals surface area contributed by atoms with Crippen LogP contribution in [0.5, 0.6) is 0 Å². The molecule has 0 aliphatic rings. The van der Waals surface area contributed by atoms with Crippen molar-refractivity contribution in [2.45, 2.75) is 51.2 Å². The van der Waals surface area contributed by atoms with Gasteiger partial charge in [0.05, 0.1) is 13.2 Å². The lowest BCUT2D eigenvalue weighted by Gasteiger charge is -2.23. The zero-order valence-electron chi connectivity index (χ0n) is 15.7. The van der Waals surface area contributed by atoms with E-state index < -0.39 is 55.0 Å². The van der Waals surface area contributed by atoms with E-state index in [0.717, 1.165) is 0 Å². The maximum absolute atomic E-state index is 12.2. The molecule has 11 nitrogen and oxygen atoms in total. The second-order valence-corrected chi connectivity index (χ2v) is 6.48. The van der Waals surface area contributed by atoms with E-state index in [9.17, 15) is 19.2 Å². The molecule has 9 N–H and O–H groups in total. The van der Waals surface area contributed by atoms with Crippen molar-refractivity contribution in [1.29, 1.82) is 0 Å². The number of unbranched alkanes of at least 4 members (excludes halogenated alkanes) is 1. The van der Waals surface area contributed by atoms with Crippen molar-refractivity contribution >= 4 is 23.7 Å². The smallest absolute Gasteiger partial charge is 0.326 e. The highest BCUT2D eigenvalue weighted by Gasteiger charge is 2.27. The number of nitrogens with two attached hydrogens (primary N) is 2. The Hall–Kier alpha value is -2.24. The molecular weight excluding hydrogens is 358 g/mol. The minimum absolute atomic E-state index is 0.232. The maximum Gasteiger partial charge on any atom is 0.326 e. The minimum Gasteiger partial charge on any atom is -0.480 e. The van der Waals surface area contributed by atoms with Crippen LogP contribution in [0.15, 0.2) is 0 Å². The van der Waals surface area contributed by atoms with Gasteiger partial charge in [0.25, 0.3) is 0 Å². The molecular formula is C16H31N5O6. The van der Waals surface area contributed by atoms with Gasteiger partial charge in [-0.3, -0.25) is 14.4 Å². The Labute approximate surface area is 158 Å². The van der Waals surface area contributed by atoms with E-state index in [1.165, 1.54) is 0 Å². The van der Waals surface area contributed by atoms with Crippen LogP contribution in [-0.2, 0) is 19.2 Å². The summed E-state index contributed by atoms with van der Waals surface area (Å²) in [6.45, 7) is 2.80. The van der Waals surface area contributed by atoms with Crippen LogP contribution in [0.4, 0.5) is 0 Å². The third-order valence-corrected chi connectivity index (χ3v) is 3.78. The maximum atomic E-state index is 12.2. The third-order valence-electron chi connectivity index (χ3n) is 3.78. The first-order chi connectivity index (χ1) is 12.6. The van der Waals surface area contributed by atoms with Gasteiger partial charge in [0.1, 0.15) is 18.1 Å². The van der Waals surface area contributed by atoms with Gasteiger partial charge in [0.2, 0.25) is 17.7 Å². The highest BCUT2D eigenvalue weighted by molar-refractivity contribution is 5.92. The van der Waals surface area contributed by atoms with E-state index in [-0.39, 0.29) is 12.3 Å². The molecule has 0 aliphatic heterocycles. The lowest BCUT2D eigenvalue weighted by molar-refractivity contribution is -0.142. The number of carbonyl (C=O) groups is 4. The fraction of sp³-hybridized carbons (Fsp3) is 0.750. The lowest BCUT2D eigenvalue weighted by Crippen LogP contribution is -2.55. The molecule has 0 heterocycles. The number of hydrogen-bond donors (Lipinski definition) is 7. The molecule has 0 saturated carbocycles. The highest BCUT2D eigenvalue weighted by atomic mass is 16.4. The zero-order valence-corrected chi connectivity index (χ0v) is 15.7. The molecule has 27 heavy (non-hydrogen) atoms. The van der Waals surface area contributed by atoms with Crippen LogP contribution in [0.3, 0.4) is 0 Å². The summed E-state index contributed by atoms with van der Waals surface area (Å²) in [5, 5.41) is 25.1. The molecule has 0 aromatic heterocycles. The van der Waals surface area contributed by atoms with Crippen LogP contribution in [0.25, 0.3) is 0 Å². The first-order valence-corrected chi connectivity index (χ1v) is 8.80. The second-order valence-electron chi connectivity index (χ2n) is 6.48. The second kappa shape index (κ2) is 13.0. The van der Waals surface area contributed by atoms with Crippen LogP contribution < -0.4 is 27.4 Å². The fourth-order valence-corrected chi connectivity index (χ4v) is 2.15. The zero-order chi connectivity index (χ0) is 21.0. The summed E-state index contributed by atoms with van der Waals surface area (Å²) in [5.41, 5.74) is 10.8. The van der Waals surface area contributed by atoms with E-state index >= 15 is 0 Å². The summed E-state index contributed by atoms with van der Waals surface area (Å²) >= 11 is 0. The molecule has 0 saturated heterocycles. The number of carbonyl (C=O) groups excluding carboxylic acids is 3. The molecule has 0 aromatic rings. The van der Waals surface area contributed by atoms with Gasteiger partial charge in [-0.1, -0.05) is 13.8 Å². The number of aliphatic hydroxyl groups excluding tert-OH is 1. The molecule has 0 aliphatic carbocycles. The molecule has 3 amide bonds. The van der Waals surface area contributed by atoms with E-state index in [0.29, 0.717) is 19.4 Å². The standard InChI is InChI=1S/C16H31N5O6/c1-9(2)13(21-14(24)10(18)8-22)15(25)19-7-12(23)20-11(16(26)27)5-3-4-6-17/h9-11,13,22H,3-8,17-18H2,1-2H3,(H,19,25)(H,20,23)(H,21,24)(H,26,27). The van der Waals surface area contributed by atoms with Crippen LogP contribution in [0, 0.1) is 5.92 Å². The van der Waals surface area contributed by atoms with Crippen LogP contribution >= 0.6 is 0 Å². The number of aliphatic hydroxyl groups is 1. The van der Waals surface area contributed by atoms with Crippen LogP contribution in [0.1, 0.15) is 33.1 Å². The molecule has 0 spiro atoms. The summed E-state index contributed by atoms with van der Waals surface area (Å²) in [6.07, 6.45) is 1.42. The average molecular weight is 389 g/mol. The highest BCUT2D eigenvalue weighted by Crippen LogP contribution is 2.03. The number of rotatable bonds is 13. The molecule has 156 valence electrons. The first-order valence-electron chi connectivity index (χ1n) is 8.80. The first kappa shape index (κ1) is 24.8. The third kappa shape index (κ3) is 9.87. The molecule has 11 heteroatoms. The average Bonchev–Trinajstić information content (AvgIpc) is 2.61. The predicted molar refractivity (Wildman–Crippen MR) is 97.3 cm³/mol. The quantitative estimate of drug-likeness (QED) is 0.165. The number of nitrogens with one attached hydrogen (secondary N) is 3. The summed E-state index contributed by atoms with van der Waals surface area (Å²) in [5.74, 6) is -3.44. The molecule has 3 unspecified atom stereocenters. The van der Waals surface area contributed by atoms with Gasteiger partial charge < -0.3 is 37.6 Å². The van der Waals surface area contributed by atoms with Gasteiger partial charge in [-0.2, -0.15) is 0 Å². The summed E-state index contributed by atoms with van der Waals surface area (Å²) in [6, 6.07) is -3.18. The predicted octanol–water partition coefficient (Wildman–Crippen LogP) is -2.74. The van der Waals surface area contributed by atoms with Gasteiger partial charge in [0, 0.05) is 0 Å². The minimum atomic E-state index is -1.17. The van der Waals surface area contributed by atoms with Crippen LogP contribution in [-0.4, -0.2) is 71.7 Å². The number of aliphatic carboxylic acids is 1. The van der Waals surface area contributed by atoms with E-state index in [1.54, 1.807) is 13.8 Å². The normalized spacial score (nSPS) is 14.1. The Bertz CT molecular complexity index is 514. The summed E-state index contributed by atoms with van der Waals surface area (Å²) < 4.78 is 0. The van der Waals surface area contributed by atoms with Gasteiger partial charge in [-0.05, 0) is 31.7 Å². The Kier molecular flexibility index (Phi) is 11.9. The molecule has 0 radical (unpaired) electrons. The monoisotopic (exact) mass is 389 g/mol. The largest absolute Gasteiger partial charge is 0.480 e. The van der Waals surface area contributed by atoms with Gasteiger partial charge in [0.15, 0.2) is 0 Å². The Balaban J connectivity index is 4.62. The Morgan fingerprint density at radius 2 is 1.67 bits per heavy atom. The Morgan fingerprint density at radius 3 is 2.15 bits per heavy atom. The molecule has 0 fully saturated rings. The van der Waals surface area contributed by atoms with Crippen LogP contribution in [0.2, 0.25) is 0 Å².